The van der Waals surface area contributed by atoms with Crippen LogP contribution in [0.5, 0.6) is 0 Å². The number of benzene rings is 2. The Kier molecular flexibility index (Phi) is 15.9. The lowest BCUT2D eigenvalue weighted by atomic mass is 10.2. The van der Waals surface area contributed by atoms with Crippen molar-refractivity contribution in [3.8, 4) is 0 Å². The number of rotatable bonds is 4. The van der Waals surface area contributed by atoms with Crippen LogP contribution in [0.1, 0.15) is 38.2 Å². The number of hydrogen-bond donors (Lipinski definition) is 4. The fourth-order valence-corrected chi connectivity index (χ4v) is 4.67. The molecular formula is C32H48F2N4O6. The topological polar surface area (TPSA) is 124 Å². The van der Waals surface area contributed by atoms with Crippen LogP contribution < -0.4 is 10.6 Å². The Morgan fingerprint density at radius 3 is 1.57 bits per heavy atom. The van der Waals surface area contributed by atoms with Gasteiger partial charge in [0.15, 0.2) is 0 Å². The molecule has 2 aromatic carbocycles. The Labute approximate surface area is 259 Å². The highest BCUT2D eigenvalue weighted by molar-refractivity contribution is 5.68. The molecule has 12 heteroatoms. The third kappa shape index (κ3) is 14.0. The molecule has 4 heterocycles. The Bertz CT molecular complexity index is 996. The third-order valence-electron chi connectivity index (χ3n) is 7.26. The molecule has 2 aromatic rings. The van der Waals surface area contributed by atoms with Gasteiger partial charge in [0.1, 0.15) is 25.6 Å². The first-order valence-corrected chi connectivity index (χ1v) is 15.3. The highest BCUT2D eigenvalue weighted by Gasteiger charge is 2.27. The van der Waals surface area contributed by atoms with E-state index in [1.165, 1.54) is 9.80 Å². The van der Waals surface area contributed by atoms with E-state index in [2.05, 4.69) is 10.6 Å². The lowest BCUT2D eigenvalue weighted by Crippen LogP contribution is -2.30. The lowest BCUT2D eigenvalue weighted by Gasteiger charge is -2.15. The summed E-state index contributed by atoms with van der Waals surface area (Å²) in [5.74, 6) is 0. The largest absolute Gasteiger partial charge is 0.445 e. The van der Waals surface area contributed by atoms with Crippen molar-refractivity contribution >= 4 is 12.2 Å². The van der Waals surface area contributed by atoms with Crippen molar-refractivity contribution in [2.75, 3.05) is 52.4 Å². The van der Waals surface area contributed by atoms with Crippen molar-refractivity contribution in [2.45, 2.75) is 63.4 Å². The summed E-state index contributed by atoms with van der Waals surface area (Å²) < 4.78 is 34.9. The Morgan fingerprint density at radius 1 is 0.705 bits per heavy atom. The van der Waals surface area contributed by atoms with Gasteiger partial charge in [-0.3, -0.25) is 0 Å². The molecule has 0 bridgehead atoms. The average molecular weight is 623 g/mol. The first kappa shape index (κ1) is 35.2. The van der Waals surface area contributed by atoms with Crippen LogP contribution in [0.3, 0.4) is 0 Å². The van der Waals surface area contributed by atoms with Gasteiger partial charge in [0.05, 0.1) is 18.8 Å². The number of aliphatic hydroxyl groups excluding tert-OH is 2. The maximum atomic E-state index is 12.8. The minimum absolute atomic E-state index is 0. The van der Waals surface area contributed by atoms with Crippen molar-refractivity contribution in [3.05, 3.63) is 71.8 Å². The van der Waals surface area contributed by atoms with Crippen molar-refractivity contribution in [1.82, 2.24) is 20.4 Å². The van der Waals surface area contributed by atoms with E-state index in [0.29, 0.717) is 45.4 Å². The minimum atomic E-state index is -0.899. The molecule has 4 aliphatic heterocycles. The summed E-state index contributed by atoms with van der Waals surface area (Å²) in [5.41, 5.74) is 1.91. The van der Waals surface area contributed by atoms with E-state index in [-0.39, 0.29) is 33.4 Å². The molecule has 4 saturated heterocycles. The second-order valence-electron chi connectivity index (χ2n) is 11.0. The fourth-order valence-electron chi connectivity index (χ4n) is 4.67. The molecule has 0 radical (unpaired) electrons. The predicted octanol–water partition coefficient (Wildman–Crippen LogP) is 3.66. The summed E-state index contributed by atoms with van der Waals surface area (Å²) in [6, 6.07) is 19.0. The fraction of sp³-hybridized carbons (Fsp3) is 0.562. The number of ether oxygens (including phenoxy) is 2. The third-order valence-corrected chi connectivity index (χ3v) is 7.26. The number of amides is 2. The molecule has 0 spiro atoms. The van der Waals surface area contributed by atoms with Crippen molar-refractivity contribution < 1.29 is 39.5 Å². The molecule has 4 aliphatic rings. The molecule has 0 unspecified atom stereocenters. The van der Waals surface area contributed by atoms with E-state index in [1.54, 1.807) is 0 Å². The number of nitrogens with one attached hydrogen (secondary N) is 2. The summed E-state index contributed by atoms with van der Waals surface area (Å²) in [6.45, 7) is 5.31. The van der Waals surface area contributed by atoms with E-state index in [4.69, 9.17) is 14.6 Å². The predicted molar refractivity (Wildman–Crippen MR) is 165 cm³/mol. The summed E-state index contributed by atoms with van der Waals surface area (Å²) in [4.78, 5) is 26.0. The molecule has 4 N–H and O–H groups in total. The summed E-state index contributed by atoms with van der Waals surface area (Å²) in [7, 11) is 0. The average Bonchev–Trinajstić information content (AvgIpc) is 3.88. The lowest BCUT2D eigenvalue weighted by molar-refractivity contribution is 0.0971. The van der Waals surface area contributed by atoms with E-state index in [9.17, 15) is 23.5 Å². The molecular weight excluding hydrogens is 574 g/mol. The highest BCUT2D eigenvalue weighted by atomic mass is 19.1. The van der Waals surface area contributed by atoms with Crippen LogP contribution in [0.25, 0.3) is 0 Å². The number of hydrogen-bond acceptors (Lipinski definition) is 8. The normalized spacial score (nSPS) is 23.8. The van der Waals surface area contributed by atoms with Gasteiger partial charge < -0.3 is 40.1 Å². The molecule has 4 atom stereocenters. The zero-order valence-electron chi connectivity index (χ0n) is 25.2. The van der Waals surface area contributed by atoms with Gasteiger partial charge in [-0.1, -0.05) is 60.7 Å². The van der Waals surface area contributed by atoms with Crippen LogP contribution in [-0.4, -0.2) is 109 Å². The van der Waals surface area contributed by atoms with Gasteiger partial charge in [0, 0.05) is 34.2 Å². The van der Waals surface area contributed by atoms with Crippen LogP contribution in [0.4, 0.5) is 18.4 Å². The first-order chi connectivity index (χ1) is 21.3. The highest BCUT2D eigenvalue weighted by Crippen LogP contribution is 2.14. The number of aliphatic hydroxyl groups is 2. The van der Waals surface area contributed by atoms with E-state index in [0.717, 1.165) is 37.2 Å². The van der Waals surface area contributed by atoms with Crippen LogP contribution >= 0.6 is 0 Å². The number of alkyl halides is 2. The summed E-state index contributed by atoms with van der Waals surface area (Å²) in [5, 5.41) is 23.9. The maximum absolute atomic E-state index is 12.8. The van der Waals surface area contributed by atoms with Gasteiger partial charge in [0.2, 0.25) is 0 Å². The number of β-amino-alcohol motifs (C(OH)–C–C–N with tert-alkyl or cyclic N) is 2. The summed E-state index contributed by atoms with van der Waals surface area (Å²) in [6.07, 6.45) is -0.00565. The number of halogens is 2. The van der Waals surface area contributed by atoms with Gasteiger partial charge in [0.25, 0.3) is 0 Å². The molecule has 0 aromatic heterocycles. The second-order valence-corrected chi connectivity index (χ2v) is 11.0. The molecule has 44 heavy (non-hydrogen) atoms. The van der Waals surface area contributed by atoms with Gasteiger partial charge in [-0.25, -0.2) is 18.4 Å². The molecule has 0 aliphatic carbocycles. The quantitative estimate of drug-likeness (QED) is 0.408. The Balaban J connectivity index is 0.000000227. The first-order valence-electron chi connectivity index (χ1n) is 15.3. The number of carbonyl (C=O) groups is 2. The van der Waals surface area contributed by atoms with Gasteiger partial charge >= 0.3 is 12.2 Å². The molecule has 2 amide bonds. The SMILES string of the molecule is F[C@H]1CCNC1.O=C(OCc1ccccc1)N1CC[C@@H](O)C1.O=C(OCc1ccccc1)N1CC[C@H](F)C1.O[C@@H]1CCNC1.[HH]. The van der Waals surface area contributed by atoms with Gasteiger partial charge in [-0.15, -0.1) is 0 Å². The van der Waals surface area contributed by atoms with Crippen LogP contribution in [0.2, 0.25) is 0 Å². The van der Waals surface area contributed by atoms with Crippen LogP contribution in [0.15, 0.2) is 60.7 Å². The van der Waals surface area contributed by atoms with Crippen molar-refractivity contribution in [2.24, 2.45) is 0 Å². The number of likely N-dealkylation sites (tertiary alicyclic amines) is 2. The zero-order valence-corrected chi connectivity index (χ0v) is 25.2. The Hall–Kier alpha value is -3.32. The smallest absolute Gasteiger partial charge is 0.410 e. The minimum Gasteiger partial charge on any atom is -0.445 e. The van der Waals surface area contributed by atoms with Crippen LogP contribution in [-0.2, 0) is 22.7 Å². The molecule has 6 rings (SSSR count). The molecule has 4 fully saturated rings. The molecule has 0 saturated carbocycles. The van der Waals surface area contributed by atoms with Crippen LogP contribution in [0, 0.1) is 0 Å². The Morgan fingerprint density at radius 2 is 1.23 bits per heavy atom. The maximum Gasteiger partial charge on any atom is 0.410 e. The van der Waals surface area contributed by atoms with Gasteiger partial charge in [-0.05, 0) is 49.9 Å². The van der Waals surface area contributed by atoms with Crippen molar-refractivity contribution in [1.29, 1.82) is 0 Å². The second kappa shape index (κ2) is 19.9. The number of nitrogens with zero attached hydrogens (tertiary/aromatic N) is 2. The standard InChI is InChI=1S/C12H14FNO2.C12H15NO3.C4H8FN.C4H9NO.H2/c13-11-6-7-14(8-11)12(15)16-9-10-4-2-1-3-5-10;14-11-6-7-13(8-11)12(15)16-9-10-4-2-1-3-5-10;5-4-1-2-6-3-4;6-4-1-2-5-3-4;/h1-5,11H,6-9H2;1-5,11,14H,6-9H2;4,6H,1-3H2;4-6H,1-3H2;1H/t2*11-;2*4-;/m0101./s1. The summed E-state index contributed by atoms with van der Waals surface area (Å²) >= 11 is 0. The zero-order chi connectivity index (χ0) is 31.6. The monoisotopic (exact) mass is 622 g/mol. The molecule has 10 nitrogen and oxygen atoms in total. The van der Waals surface area contributed by atoms with Crippen molar-refractivity contribution in [3.63, 3.8) is 0 Å². The van der Waals surface area contributed by atoms with E-state index >= 15 is 0 Å². The molecule has 246 valence electrons. The number of carbonyl (C=O) groups excluding carboxylic acids is 2. The van der Waals surface area contributed by atoms with Gasteiger partial charge in [-0.2, -0.15) is 0 Å². The van der Waals surface area contributed by atoms with E-state index < -0.39 is 24.5 Å². The van der Waals surface area contributed by atoms with E-state index in [1.807, 2.05) is 60.7 Å².